The molecule has 1 N–H and O–H groups in total. The molecular formula is C20H18FNO3S. The summed E-state index contributed by atoms with van der Waals surface area (Å²) in [5, 5.41) is 9.98. The summed E-state index contributed by atoms with van der Waals surface area (Å²) in [4.78, 5) is 16.7. The monoisotopic (exact) mass is 371 g/mol. The molecule has 0 spiro atoms. The van der Waals surface area contributed by atoms with Crippen LogP contribution in [0.5, 0.6) is 5.75 Å². The number of ether oxygens (including phenoxy) is 1. The van der Waals surface area contributed by atoms with Gasteiger partial charge in [0.05, 0.1) is 13.5 Å². The Morgan fingerprint density at radius 1 is 1.31 bits per heavy atom. The highest BCUT2D eigenvalue weighted by Gasteiger charge is 2.22. The van der Waals surface area contributed by atoms with Crippen LogP contribution in [0, 0.1) is 12.7 Å². The van der Waals surface area contributed by atoms with Crippen molar-refractivity contribution in [1.29, 1.82) is 0 Å². The van der Waals surface area contributed by atoms with Crippen LogP contribution in [0.1, 0.15) is 27.8 Å². The molecule has 0 aliphatic carbocycles. The van der Waals surface area contributed by atoms with E-state index in [9.17, 15) is 14.3 Å². The van der Waals surface area contributed by atoms with Gasteiger partial charge in [0.25, 0.3) is 0 Å². The van der Waals surface area contributed by atoms with Gasteiger partial charge in [0.15, 0.2) is 0 Å². The van der Waals surface area contributed by atoms with Crippen LogP contribution in [-0.4, -0.2) is 23.2 Å². The van der Waals surface area contributed by atoms with Crippen molar-refractivity contribution in [2.45, 2.75) is 19.3 Å². The summed E-state index contributed by atoms with van der Waals surface area (Å²) < 4.78 is 19.7. The molecule has 2 aromatic carbocycles. The number of carboxylic acids is 1. The first-order valence-corrected chi connectivity index (χ1v) is 8.87. The molecule has 0 saturated heterocycles. The van der Waals surface area contributed by atoms with Gasteiger partial charge >= 0.3 is 5.97 Å². The van der Waals surface area contributed by atoms with E-state index < -0.39 is 17.7 Å². The van der Waals surface area contributed by atoms with Crippen molar-refractivity contribution < 1.29 is 19.0 Å². The molecule has 3 rings (SSSR count). The summed E-state index contributed by atoms with van der Waals surface area (Å²) in [6.45, 7) is 1.91. The lowest BCUT2D eigenvalue weighted by Gasteiger charge is -2.16. The second kappa shape index (κ2) is 7.66. The molecule has 3 aromatic rings. The fourth-order valence-electron chi connectivity index (χ4n) is 2.91. The predicted octanol–water partition coefficient (Wildman–Crippen LogP) is 4.87. The van der Waals surface area contributed by atoms with Gasteiger partial charge in [-0.2, -0.15) is 0 Å². The Labute approximate surface area is 154 Å². The van der Waals surface area contributed by atoms with Crippen molar-refractivity contribution >= 4 is 17.3 Å². The number of carboxylic acid groups (broad SMARTS) is 1. The van der Waals surface area contributed by atoms with Gasteiger partial charge in [-0.15, -0.1) is 11.3 Å². The number of aryl methyl sites for hydroxylation is 1. The van der Waals surface area contributed by atoms with Gasteiger partial charge in [0.1, 0.15) is 16.6 Å². The van der Waals surface area contributed by atoms with Crippen LogP contribution in [-0.2, 0) is 4.79 Å². The van der Waals surface area contributed by atoms with Gasteiger partial charge in [-0.3, -0.25) is 4.79 Å². The van der Waals surface area contributed by atoms with Gasteiger partial charge in [-0.1, -0.05) is 24.3 Å². The highest BCUT2D eigenvalue weighted by molar-refractivity contribution is 7.11. The summed E-state index contributed by atoms with van der Waals surface area (Å²) >= 11 is 1.43. The first-order chi connectivity index (χ1) is 12.5. The van der Waals surface area contributed by atoms with E-state index in [4.69, 9.17) is 4.74 Å². The SMILES string of the molecule is COc1ccccc1-c1cc(F)cc(C(CC(=O)O)c2ncc(C)s2)c1. The standard InChI is InChI=1S/C20H18FNO3S/c1-12-11-22-20(26-12)17(10-19(23)24)14-7-13(8-15(21)9-14)16-5-3-4-6-18(16)25-2/h3-9,11,17H,10H2,1-2H3,(H,23,24). The minimum atomic E-state index is -0.953. The fraction of sp³-hybridized carbons (Fsp3) is 0.200. The Morgan fingerprint density at radius 2 is 2.08 bits per heavy atom. The lowest BCUT2D eigenvalue weighted by Crippen LogP contribution is -2.08. The molecule has 4 nitrogen and oxygen atoms in total. The molecule has 26 heavy (non-hydrogen) atoms. The maximum atomic E-state index is 14.4. The summed E-state index contributed by atoms with van der Waals surface area (Å²) in [6.07, 6.45) is 1.55. The zero-order chi connectivity index (χ0) is 18.7. The van der Waals surface area contributed by atoms with Crippen LogP contribution in [0.2, 0.25) is 0 Å². The second-order valence-corrected chi connectivity index (χ2v) is 7.20. The molecule has 1 heterocycles. The number of hydrogen-bond donors (Lipinski definition) is 1. The summed E-state index contributed by atoms with van der Waals surface area (Å²) in [5.74, 6) is -1.25. The zero-order valence-electron chi connectivity index (χ0n) is 14.4. The number of aromatic nitrogens is 1. The van der Waals surface area contributed by atoms with Gasteiger partial charge in [0, 0.05) is 22.6 Å². The van der Waals surface area contributed by atoms with E-state index in [-0.39, 0.29) is 6.42 Å². The molecule has 134 valence electrons. The molecule has 0 bridgehead atoms. The van der Waals surface area contributed by atoms with Crippen LogP contribution < -0.4 is 4.74 Å². The fourth-order valence-corrected chi connectivity index (χ4v) is 3.81. The van der Waals surface area contributed by atoms with Gasteiger partial charge < -0.3 is 9.84 Å². The Hall–Kier alpha value is -2.73. The van der Waals surface area contributed by atoms with Crippen LogP contribution in [0.25, 0.3) is 11.1 Å². The van der Waals surface area contributed by atoms with E-state index in [1.807, 2.05) is 31.2 Å². The summed E-state index contributed by atoms with van der Waals surface area (Å²) in [7, 11) is 1.56. The molecule has 1 aromatic heterocycles. The third-order valence-corrected chi connectivity index (χ3v) is 5.08. The topological polar surface area (TPSA) is 59.4 Å². The van der Waals surface area contributed by atoms with Crippen LogP contribution in [0.3, 0.4) is 0 Å². The number of rotatable bonds is 6. The van der Waals surface area contributed by atoms with E-state index in [0.717, 1.165) is 10.4 Å². The Kier molecular flexibility index (Phi) is 5.32. The minimum absolute atomic E-state index is 0.151. The van der Waals surface area contributed by atoms with Gasteiger partial charge in [0.2, 0.25) is 0 Å². The van der Waals surface area contributed by atoms with Crippen molar-refractivity contribution in [1.82, 2.24) is 4.98 Å². The number of carbonyl (C=O) groups is 1. The van der Waals surface area contributed by atoms with E-state index in [1.54, 1.807) is 19.4 Å². The third kappa shape index (κ3) is 3.91. The second-order valence-electron chi connectivity index (χ2n) is 5.93. The van der Waals surface area contributed by atoms with E-state index >= 15 is 0 Å². The Bertz CT molecular complexity index is 938. The number of nitrogens with zero attached hydrogens (tertiary/aromatic N) is 1. The van der Waals surface area contributed by atoms with Crippen LogP contribution >= 0.6 is 11.3 Å². The van der Waals surface area contributed by atoms with Crippen molar-refractivity contribution in [2.24, 2.45) is 0 Å². The van der Waals surface area contributed by atoms with E-state index in [2.05, 4.69) is 4.98 Å². The maximum absolute atomic E-state index is 14.4. The first-order valence-electron chi connectivity index (χ1n) is 8.06. The van der Waals surface area contributed by atoms with Gasteiger partial charge in [-0.25, -0.2) is 9.37 Å². The molecular weight excluding hydrogens is 353 g/mol. The lowest BCUT2D eigenvalue weighted by molar-refractivity contribution is -0.137. The largest absolute Gasteiger partial charge is 0.496 e. The number of hydrogen-bond acceptors (Lipinski definition) is 4. The Morgan fingerprint density at radius 3 is 2.73 bits per heavy atom. The molecule has 0 amide bonds. The zero-order valence-corrected chi connectivity index (χ0v) is 15.2. The quantitative estimate of drug-likeness (QED) is 0.671. The number of thiazole rings is 1. The number of aliphatic carboxylic acids is 1. The van der Waals surface area contributed by atoms with E-state index in [0.29, 0.717) is 21.9 Å². The van der Waals surface area contributed by atoms with Crippen molar-refractivity contribution in [3.8, 4) is 16.9 Å². The third-order valence-electron chi connectivity index (χ3n) is 4.06. The molecule has 1 atom stereocenters. The molecule has 1 unspecified atom stereocenters. The minimum Gasteiger partial charge on any atom is -0.496 e. The van der Waals surface area contributed by atoms with Crippen molar-refractivity contribution in [2.75, 3.05) is 7.11 Å². The average Bonchev–Trinajstić information content (AvgIpc) is 3.05. The molecule has 0 fully saturated rings. The Balaban J connectivity index is 2.11. The molecule has 0 radical (unpaired) electrons. The van der Waals surface area contributed by atoms with Crippen LogP contribution in [0.15, 0.2) is 48.7 Å². The van der Waals surface area contributed by atoms with Crippen molar-refractivity contribution in [3.05, 3.63) is 69.9 Å². The number of para-hydroxylation sites is 1. The van der Waals surface area contributed by atoms with Gasteiger partial charge in [-0.05, 0) is 36.2 Å². The molecule has 0 aliphatic rings. The smallest absolute Gasteiger partial charge is 0.304 e. The van der Waals surface area contributed by atoms with E-state index in [1.165, 1.54) is 23.5 Å². The number of methoxy groups -OCH3 is 1. The first kappa shape index (κ1) is 18.1. The molecule has 6 heteroatoms. The normalized spacial score (nSPS) is 12.0. The number of halogens is 1. The molecule has 0 saturated carbocycles. The highest BCUT2D eigenvalue weighted by Crippen LogP contribution is 2.36. The lowest BCUT2D eigenvalue weighted by atomic mass is 9.92. The summed E-state index contributed by atoms with van der Waals surface area (Å²) in [5.41, 5.74) is 1.98. The maximum Gasteiger partial charge on any atom is 0.304 e. The molecule has 0 aliphatic heterocycles. The highest BCUT2D eigenvalue weighted by atomic mass is 32.1. The predicted molar refractivity (Wildman–Crippen MR) is 99.3 cm³/mol. The van der Waals surface area contributed by atoms with Crippen LogP contribution in [0.4, 0.5) is 4.39 Å². The van der Waals surface area contributed by atoms with Crippen molar-refractivity contribution in [3.63, 3.8) is 0 Å². The summed E-state index contributed by atoms with van der Waals surface area (Å²) in [6, 6.07) is 12.0. The average molecular weight is 371 g/mol. The number of benzene rings is 2.